The highest BCUT2D eigenvalue weighted by Gasteiger charge is 2.49. The maximum absolute atomic E-state index is 14.9. The van der Waals surface area contributed by atoms with Crippen molar-refractivity contribution in [3.63, 3.8) is 0 Å². The topological polar surface area (TPSA) is 123 Å². The molecule has 15 heteroatoms. The molecule has 7 heterocycles. The number of rotatable bonds is 9. The van der Waals surface area contributed by atoms with Crippen molar-refractivity contribution in [2.45, 2.75) is 49.9 Å². The zero-order valence-corrected chi connectivity index (χ0v) is 28.3. The molecule has 2 bridgehead atoms. The lowest BCUT2D eigenvalue weighted by molar-refractivity contribution is 0.0511. The molecule has 5 aliphatic heterocycles. The molecule has 2 aromatic heterocycles. The fraction of sp³-hybridized carbons (Fsp3) is 0.486. The number of piperidine rings is 1. The first-order valence-electron chi connectivity index (χ1n) is 16.7. The molecule has 1 N–H and O–H groups in total. The number of halogens is 2. The smallest absolute Gasteiger partial charge is 0.407 e. The minimum Gasteiger partial charge on any atom is -0.467 e. The van der Waals surface area contributed by atoms with Crippen molar-refractivity contribution in [1.29, 1.82) is 0 Å². The van der Waals surface area contributed by atoms with Crippen LogP contribution in [0.1, 0.15) is 37.7 Å². The Morgan fingerprint density at radius 1 is 1.16 bits per heavy atom. The molecule has 4 aromatic rings. The fourth-order valence-corrected chi connectivity index (χ4v) is 8.93. The summed E-state index contributed by atoms with van der Waals surface area (Å²) in [6.07, 6.45) is 7.79. The van der Waals surface area contributed by atoms with E-state index in [0.29, 0.717) is 65.3 Å². The third-order valence-electron chi connectivity index (χ3n) is 10.4. The predicted octanol–water partition coefficient (Wildman–Crippen LogP) is 5.67. The highest BCUT2D eigenvalue weighted by atomic mass is 32.1. The van der Waals surface area contributed by atoms with Gasteiger partial charge in [0.2, 0.25) is 0 Å². The van der Waals surface area contributed by atoms with Gasteiger partial charge in [-0.15, -0.1) is 6.42 Å². The Morgan fingerprint density at radius 3 is 2.86 bits per heavy atom. The van der Waals surface area contributed by atoms with Gasteiger partial charge in [0, 0.05) is 51.2 Å². The number of terminal acetylenes is 1. The Morgan fingerprint density at radius 2 is 2.04 bits per heavy atom. The van der Waals surface area contributed by atoms with Gasteiger partial charge in [-0.05, 0) is 55.7 Å². The van der Waals surface area contributed by atoms with Gasteiger partial charge >= 0.3 is 12.1 Å². The summed E-state index contributed by atoms with van der Waals surface area (Å²) in [6.45, 7) is 2.92. The minimum absolute atomic E-state index is 0.0147. The lowest BCUT2D eigenvalue weighted by atomic mass is 9.95. The van der Waals surface area contributed by atoms with Crippen LogP contribution in [0.25, 0.3) is 21.1 Å². The first-order valence-corrected chi connectivity index (χ1v) is 17.5. The van der Waals surface area contributed by atoms with Crippen LogP contribution >= 0.6 is 11.3 Å². The summed E-state index contributed by atoms with van der Waals surface area (Å²) >= 11 is 1.16. The number of hydrogen-bond donors (Lipinski definition) is 1. The molecule has 0 unspecified atom stereocenters. The normalized spacial score (nSPS) is 24.8. The van der Waals surface area contributed by atoms with Gasteiger partial charge in [-0.25, -0.2) is 13.6 Å². The van der Waals surface area contributed by atoms with Crippen LogP contribution in [0.4, 0.5) is 19.4 Å². The van der Waals surface area contributed by atoms with Crippen molar-refractivity contribution in [3.05, 3.63) is 35.6 Å². The third-order valence-corrected chi connectivity index (χ3v) is 11.2. The largest absolute Gasteiger partial charge is 0.467 e. The fourth-order valence-electron chi connectivity index (χ4n) is 8.14. The van der Waals surface area contributed by atoms with Gasteiger partial charge in [-0.1, -0.05) is 23.3 Å². The molecule has 5 fully saturated rings. The number of alkyl halides is 1. The zero-order valence-electron chi connectivity index (χ0n) is 27.4. The van der Waals surface area contributed by atoms with Crippen LogP contribution in [0.5, 0.6) is 22.7 Å². The average Bonchev–Trinajstić information content (AvgIpc) is 3.67. The van der Waals surface area contributed by atoms with Crippen LogP contribution in [-0.2, 0) is 4.74 Å². The number of benzene rings is 2. The molecular formula is C35H36F2N6O6S. The van der Waals surface area contributed by atoms with Crippen LogP contribution in [0.2, 0.25) is 0 Å². The SMILES string of the molecule is C#Cc1c(F)ccc2cc(OCOC)cc(Oc3nc4c(N5C[C@@H]6CC[C@H](C5)N(C(=O)O)C6)nc(OC[C@@]56CCCN5C[C@H](F)C6)nc4s3)c12. The summed E-state index contributed by atoms with van der Waals surface area (Å²) in [5.74, 6) is 3.15. The average molecular weight is 707 g/mol. The number of carboxylic acid groups (broad SMARTS) is 1. The van der Waals surface area contributed by atoms with Crippen LogP contribution < -0.4 is 19.1 Å². The van der Waals surface area contributed by atoms with E-state index in [2.05, 4.69) is 15.7 Å². The molecule has 1 amide bonds. The summed E-state index contributed by atoms with van der Waals surface area (Å²) in [6, 6.07) is 6.15. The Labute approximate surface area is 290 Å². The van der Waals surface area contributed by atoms with E-state index in [4.69, 9.17) is 40.3 Å². The first-order chi connectivity index (χ1) is 24.2. The van der Waals surface area contributed by atoms with Gasteiger partial charge in [0.15, 0.2) is 17.4 Å². The Hall–Kier alpha value is -4.52. The van der Waals surface area contributed by atoms with E-state index in [1.165, 1.54) is 18.1 Å². The summed E-state index contributed by atoms with van der Waals surface area (Å²) in [5.41, 5.74) is 0.106. The molecular weight excluding hydrogens is 670 g/mol. The van der Waals surface area contributed by atoms with Crippen molar-refractivity contribution >= 4 is 44.4 Å². The van der Waals surface area contributed by atoms with E-state index >= 15 is 0 Å². The number of methoxy groups -OCH3 is 1. The quantitative estimate of drug-likeness (QED) is 0.171. The summed E-state index contributed by atoms with van der Waals surface area (Å²) < 4.78 is 52.9. The van der Waals surface area contributed by atoms with Crippen molar-refractivity contribution in [2.75, 3.05) is 58.1 Å². The second-order valence-corrected chi connectivity index (χ2v) is 14.4. The van der Waals surface area contributed by atoms with E-state index in [-0.39, 0.29) is 47.9 Å². The predicted molar refractivity (Wildman–Crippen MR) is 182 cm³/mol. The number of nitrogens with zero attached hydrogens (tertiary/aromatic N) is 6. The Kier molecular flexibility index (Phi) is 8.48. The molecule has 262 valence electrons. The van der Waals surface area contributed by atoms with Gasteiger partial charge < -0.3 is 33.9 Å². The number of anilines is 1. The molecule has 0 spiro atoms. The number of aromatic nitrogens is 3. The van der Waals surface area contributed by atoms with Gasteiger partial charge in [0.25, 0.3) is 5.19 Å². The number of fused-ring (bicyclic) bond motifs is 7. The van der Waals surface area contributed by atoms with Gasteiger partial charge in [-0.3, -0.25) is 4.90 Å². The maximum Gasteiger partial charge on any atom is 0.407 e. The summed E-state index contributed by atoms with van der Waals surface area (Å²) in [7, 11) is 1.51. The van der Waals surface area contributed by atoms with Gasteiger partial charge in [0.05, 0.1) is 17.1 Å². The second-order valence-electron chi connectivity index (χ2n) is 13.5. The van der Waals surface area contributed by atoms with E-state index in [9.17, 15) is 18.7 Å². The monoisotopic (exact) mass is 706 g/mol. The van der Waals surface area contributed by atoms with E-state index < -0.39 is 23.6 Å². The molecule has 4 atom stereocenters. The number of ether oxygens (including phenoxy) is 4. The van der Waals surface area contributed by atoms with Gasteiger partial charge in [0.1, 0.15) is 35.6 Å². The van der Waals surface area contributed by atoms with E-state index in [0.717, 1.165) is 43.6 Å². The molecule has 50 heavy (non-hydrogen) atoms. The van der Waals surface area contributed by atoms with Crippen LogP contribution in [0, 0.1) is 24.1 Å². The number of thiazole rings is 1. The molecule has 0 saturated carbocycles. The van der Waals surface area contributed by atoms with Crippen LogP contribution in [0.15, 0.2) is 24.3 Å². The zero-order chi connectivity index (χ0) is 34.6. The molecule has 12 nitrogen and oxygen atoms in total. The Bertz CT molecular complexity index is 2010. The van der Waals surface area contributed by atoms with Crippen LogP contribution in [-0.4, -0.2) is 107 Å². The first kappa shape index (κ1) is 32.7. The lowest BCUT2D eigenvalue weighted by Gasteiger charge is -2.33. The van der Waals surface area contributed by atoms with Crippen molar-refractivity contribution in [3.8, 4) is 35.0 Å². The molecule has 5 saturated heterocycles. The molecule has 0 aliphatic carbocycles. The highest BCUT2D eigenvalue weighted by Crippen LogP contribution is 2.43. The Balaban J connectivity index is 1.19. The molecule has 5 aliphatic rings. The summed E-state index contributed by atoms with van der Waals surface area (Å²) in [5, 5.41) is 11.1. The highest BCUT2D eigenvalue weighted by molar-refractivity contribution is 7.19. The summed E-state index contributed by atoms with van der Waals surface area (Å²) in [4.78, 5) is 32.8. The van der Waals surface area contributed by atoms with Crippen molar-refractivity contribution < 1.29 is 37.6 Å². The molecule has 9 rings (SSSR count). The lowest BCUT2D eigenvalue weighted by Crippen LogP contribution is -2.46. The van der Waals surface area contributed by atoms with Crippen molar-refractivity contribution in [1.82, 2.24) is 24.8 Å². The number of carbonyl (C=O) groups is 1. The molecule has 2 aromatic carbocycles. The standard InChI is InChI=1S/C35H36F2N6O6S/c1-3-25-26(37)8-6-21-11-24(48-19-46-2)12-27(28(21)25)49-33-38-29-30(41-14-20-5-7-23(17-41)43(15-20)34(44)45)39-32(40-31(29)50-33)47-18-35-9-4-10-42(35)16-22(36)13-35/h1,6,8,11-12,20,22-23H,4-5,7,9-10,13-19H2,2H3,(H,44,45)/t20-,22+,23+,35-/m0/s1. The van der Waals surface area contributed by atoms with Gasteiger partial charge in [-0.2, -0.15) is 15.0 Å². The van der Waals surface area contributed by atoms with E-state index in [1.54, 1.807) is 18.2 Å². The third kappa shape index (κ3) is 5.88. The second kappa shape index (κ2) is 13.0. The van der Waals surface area contributed by atoms with Crippen molar-refractivity contribution in [2.24, 2.45) is 5.92 Å². The minimum atomic E-state index is -0.933. The number of hydrogen-bond acceptors (Lipinski definition) is 11. The number of amides is 1. The molecule has 0 radical (unpaired) electrons. The maximum atomic E-state index is 14.9. The van der Waals surface area contributed by atoms with E-state index in [1.807, 2.05) is 0 Å². The van der Waals surface area contributed by atoms with Crippen LogP contribution in [0.3, 0.4) is 0 Å².